The van der Waals surface area contributed by atoms with E-state index in [0.717, 1.165) is 10.0 Å². The van der Waals surface area contributed by atoms with Crippen LogP contribution in [0.4, 0.5) is 13.2 Å². The molecular formula is C13H16BrClF3N. The van der Waals surface area contributed by atoms with Crippen molar-refractivity contribution >= 4 is 27.5 Å². The lowest BCUT2D eigenvalue weighted by Crippen LogP contribution is -2.22. The molecule has 0 saturated heterocycles. The van der Waals surface area contributed by atoms with Crippen LogP contribution in [0.2, 0.25) is 5.02 Å². The number of nitrogens with one attached hydrogen (secondary N) is 1. The molecule has 0 spiro atoms. The Balaban J connectivity index is 2.73. The standard InChI is InChI=1S/C13H16BrClF3N/c1-2-19-12(4-3-7-13(16,17)18)10-8-9(15)5-6-11(10)14/h5-6,8,12,19H,2-4,7H2,1H3. The molecule has 6 heteroatoms. The molecule has 1 aromatic carbocycles. The Kier molecular flexibility index (Phi) is 6.63. The van der Waals surface area contributed by atoms with E-state index in [1.54, 1.807) is 12.1 Å². The van der Waals surface area contributed by atoms with Gasteiger partial charge in [-0.3, -0.25) is 0 Å². The molecule has 1 N–H and O–H groups in total. The van der Waals surface area contributed by atoms with Gasteiger partial charge in [0.05, 0.1) is 0 Å². The fourth-order valence-electron chi connectivity index (χ4n) is 1.90. The zero-order chi connectivity index (χ0) is 14.5. The fourth-order valence-corrected chi connectivity index (χ4v) is 2.61. The van der Waals surface area contributed by atoms with E-state index in [1.807, 2.05) is 13.0 Å². The average molecular weight is 359 g/mol. The Morgan fingerprint density at radius 2 is 2.05 bits per heavy atom. The Labute approximate surface area is 124 Å². The Bertz CT molecular complexity index is 409. The predicted molar refractivity (Wildman–Crippen MR) is 75.5 cm³/mol. The molecule has 0 aliphatic carbocycles. The minimum Gasteiger partial charge on any atom is -0.310 e. The average Bonchev–Trinajstić information content (AvgIpc) is 2.30. The van der Waals surface area contributed by atoms with Gasteiger partial charge in [0.1, 0.15) is 0 Å². The zero-order valence-electron chi connectivity index (χ0n) is 10.5. The van der Waals surface area contributed by atoms with Gasteiger partial charge in [-0.05, 0) is 43.1 Å². The first kappa shape index (κ1) is 16.8. The monoisotopic (exact) mass is 357 g/mol. The molecule has 108 valence electrons. The third-order valence-corrected chi connectivity index (χ3v) is 3.69. The Morgan fingerprint density at radius 3 is 2.63 bits per heavy atom. The van der Waals surface area contributed by atoms with E-state index in [4.69, 9.17) is 11.6 Å². The van der Waals surface area contributed by atoms with Crippen molar-refractivity contribution in [1.29, 1.82) is 0 Å². The summed E-state index contributed by atoms with van der Waals surface area (Å²) in [5.74, 6) is 0. The molecule has 0 aromatic heterocycles. The predicted octanol–water partition coefficient (Wildman–Crippen LogP) is 5.49. The third kappa shape index (κ3) is 6.15. The zero-order valence-corrected chi connectivity index (χ0v) is 12.9. The highest BCUT2D eigenvalue weighted by molar-refractivity contribution is 9.10. The summed E-state index contributed by atoms with van der Waals surface area (Å²) in [5, 5.41) is 3.78. The van der Waals surface area contributed by atoms with Crippen LogP contribution >= 0.6 is 27.5 Å². The number of halogens is 5. The van der Waals surface area contributed by atoms with Gasteiger partial charge in [0.2, 0.25) is 0 Å². The van der Waals surface area contributed by atoms with Crippen molar-refractivity contribution in [3.63, 3.8) is 0 Å². The van der Waals surface area contributed by atoms with Crippen LogP contribution in [0.25, 0.3) is 0 Å². The molecule has 0 heterocycles. The van der Waals surface area contributed by atoms with Crippen LogP contribution < -0.4 is 5.32 Å². The van der Waals surface area contributed by atoms with E-state index in [-0.39, 0.29) is 12.5 Å². The molecule has 1 rings (SSSR count). The molecule has 19 heavy (non-hydrogen) atoms. The lowest BCUT2D eigenvalue weighted by molar-refractivity contribution is -0.135. The summed E-state index contributed by atoms with van der Waals surface area (Å²) >= 11 is 9.35. The number of hydrogen-bond acceptors (Lipinski definition) is 1. The summed E-state index contributed by atoms with van der Waals surface area (Å²) in [6, 6.07) is 5.21. The number of alkyl halides is 3. The number of hydrogen-bond donors (Lipinski definition) is 1. The second kappa shape index (κ2) is 7.50. The van der Waals surface area contributed by atoms with Crippen molar-refractivity contribution in [2.24, 2.45) is 0 Å². The minimum atomic E-state index is -4.09. The van der Waals surface area contributed by atoms with Crippen molar-refractivity contribution in [3.05, 3.63) is 33.3 Å². The van der Waals surface area contributed by atoms with E-state index in [9.17, 15) is 13.2 Å². The molecule has 1 unspecified atom stereocenters. The van der Waals surface area contributed by atoms with Gasteiger partial charge in [0.15, 0.2) is 0 Å². The topological polar surface area (TPSA) is 12.0 Å². The van der Waals surface area contributed by atoms with Gasteiger partial charge in [-0.15, -0.1) is 0 Å². The molecule has 0 amide bonds. The maximum atomic E-state index is 12.2. The molecule has 0 saturated carbocycles. The van der Waals surface area contributed by atoms with Crippen LogP contribution in [0.15, 0.2) is 22.7 Å². The van der Waals surface area contributed by atoms with Crippen LogP contribution in [-0.2, 0) is 0 Å². The van der Waals surface area contributed by atoms with E-state index in [0.29, 0.717) is 18.0 Å². The van der Waals surface area contributed by atoms with Crippen LogP contribution in [0.3, 0.4) is 0 Å². The maximum absolute atomic E-state index is 12.2. The first-order chi connectivity index (χ1) is 8.83. The smallest absolute Gasteiger partial charge is 0.310 e. The second-order valence-electron chi connectivity index (χ2n) is 4.28. The van der Waals surface area contributed by atoms with Crippen molar-refractivity contribution in [2.75, 3.05) is 6.54 Å². The Morgan fingerprint density at radius 1 is 1.37 bits per heavy atom. The van der Waals surface area contributed by atoms with E-state index < -0.39 is 12.6 Å². The van der Waals surface area contributed by atoms with Crippen molar-refractivity contribution in [2.45, 2.75) is 38.4 Å². The molecule has 0 fully saturated rings. The molecule has 0 radical (unpaired) electrons. The molecule has 0 aliphatic heterocycles. The van der Waals surface area contributed by atoms with E-state index in [2.05, 4.69) is 21.2 Å². The fraction of sp³-hybridized carbons (Fsp3) is 0.538. The highest BCUT2D eigenvalue weighted by atomic mass is 79.9. The number of benzene rings is 1. The van der Waals surface area contributed by atoms with Gasteiger partial charge in [-0.1, -0.05) is 34.5 Å². The van der Waals surface area contributed by atoms with Crippen LogP contribution in [0, 0.1) is 0 Å². The van der Waals surface area contributed by atoms with Gasteiger partial charge < -0.3 is 5.32 Å². The molecular weight excluding hydrogens is 343 g/mol. The van der Waals surface area contributed by atoms with Gasteiger partial charge in [-0.25, -0.2) is 0 Å². The largest absolute Gasteiger partial charge is 0.389 e. The summed E-state index contributed by atoms with van der Waals surface area (Å²) in [6.45, 7) is 2.62. The van der Waals surface area contributed by atoms with Crippen LogP contribution in [0.5, 0.6) is 0 Å². The van der Waals surface area contributed by atoms with E-state index in [1.165, 1.54) is 0 Å². The van der Waals surface area contributed by atoms with Gasteiger partial charge in [0, 0.05) is 22.0 Å². The molecule has 1 nitrogen and oxygen atoms in total. The molecule has 1 atom stereocenters. The summed E-state index contributed by atoms with van der Waals surface area (Å²) in [7, 11) is 0. The van der Waals surface area contributed by atoms with Gasteiger partial charge in [-0.2, -0.15) is 13.2 Å². The van der Waals surface area contributed by atoms with E-state index >= 15 is 0 Å². The van der Waals surface area contributed by atoms with Crippen molar-refractivity contribution < 1.29 is 13.2 Å². The SMILES string of the molecule is CCNC(CCCC(F)(F)F)c1cc(Cl)ccc1Br. The minimum absolute atomic E-state index is 0.0973. The summed E-state index contributed by atoms with van der Waals surface area (Å²) in [5.41, 5.74) is 0.900. The van der Waals surface area contributed by atoms with Crippen LogP contribution in [-0.4, -0.2) is 12.7 Å². The Hall–Kier alpha value is -0.260. The van der Waals surface area contributed by atoms with Crippen LogP contribution in [0.1, 0.15) is 37.8 Å². The first-order valence-electron chi connectivity index (χ1n) is 6.08. The normalized spacial score (nSPS) is 13.6. The third-order valence-electron chi connectivity index (χ3n) is 2.74. The van der Waals surface area contributed by atoms with Crippen molar-refractivity contribution in [1.82, 2.24) is 5.32 Å². The maximum Gasteiger partial charge on any atom is 0.389 e. The highest BCUT2D eigenvalue weighted by Crippen LogP contribution is 2.31. The lowest BCUT2D eigenvalue weighted by atomic mass is 10.0. The summed E-state index contributed by atoms with van der Waals surface area (Å²) in [4.78, 5) is 0. The number of rotatable bonds is 6. The second-order valence-corrected chi connectivity index (χ2v) is 5.57. The lowest BCUT2D eigenvalue weighted by Gasteiger charge is -2.20. The first-order valence-corrected chi connectivity index (χ1v) is 7.25. The molecule has 0 aliphatic rings. The highest BCUT2D eigenvalue weighted by Gasteiger charge is 2.27. The molecule has 0 bridgehead atoms. The summed E-state index contributed by atoms with van der Waals surface area (Å²) in [6.07, 6.45) is -4.33. The van der Waals surface area contributed by atoms with Gasteiger partial charge >= 0.3 is 6.18 Å². The summed E-state index contributed by atoms with van der Waals surface area (Å²) < 4.78 is 37.4. The van der Waals surface area contributed by atoms with Crippen molar-refractivity contribution in [3.8, 4) is 0 Å². The quantitative estimate of drug-likeness (QED) is 0.709. The van der Waals surface area contributed by atoms with Gasteiger partial charge in [0.25, 0.3) is 0 Å². The molecule has 1 aromatic rings.